The number of benzene rings is 3. The fraction of sp³-hybridized carbons (Fsp3) is 0.0714. The van der Waals surface area contributed by atoms with Crippen molar-refractivity contribution in [2.24, 2.45) is 0 Å². The maximum Gasteiger partial charge on any atom is 0.343 e. The van der Waals surface area contributed by atoms with Crippen LogP contribution in [-0.2, 0) is 9.59 Å². The standard InChI is InChI=1S/C28H22O8/c1-17(2)25(29)33-21-9-5-19(6-10-21)27(31)35-23-13-15-24(16-14-23)36-28(32)20-7-11-22(12-8-20)34-26(30)18(3)4/h5-16H,1,3H2,2,4H3. The Morgan fingerprint density at radius 3 is 1.00 bits per heavy atom. The Labute approximate surface area is 207 Å². The third-order valence-electron chi connectivity index (χ3n) is 4.54. The Kier molecular flexibility index (Phi) is 8.14. The third kappa shape index (κ3) is 7.01. The molecule has 0 aliphatic heterocycles. The van der Waals surface area contributed by atoms with Crippen molar-refractivity contribution in [1.82, 2.24) is 0 Å². The van der Waals surface area contributed by atoms with Crippen molar-refractivity contribution in [2.45, 2.75) is 13.8 Å². The molecule has 8 nitrogen and oxygen atoms in total. The summed E-state index contributed by atoms with van der Waals surface area (Å²) in [6.07, 6.45) is 0. The van der Waals surface area contributed by atoms with Crippen molar-refractivity contribution >= 4 is 23.9 Å². The van der Waals surface area contributed by atoms with E-state index in [1.54, 1.807) is 0 Å². The predicted octanol–water partition coefficient (Wildman–Crippen LogP) is 5.09. The normalized spacial score (nSPS) is 10.1. The van der Waals surface area contributed by atoms with Gasteiger partial charge in [-0.2, -0.15) is 0 Å². The van der Waals surface area contributed by atoms with Crippen LogP contribution >= 0.6 is 0 Å². The van der Waals surface area contributed by atoms with Crippen molar-refractivity contribution in [3.8, 4) is 23.0 Å². The molecule has 36 heavy (non-hydrogen) atoms. The van der Waals surface area contributed by atoms with Crippen molar-refractivity contribution in [2.75, 3.05) is 0 Å². The number of hydrogen-bond acceptors (Lipinski definition) is 8. The summed E-state index contributed by atoms with van der Waals surface area (Å²) in [4.78, 5) is 47.8. The second-order valence-corrected chi connectivity index (χ2v) is 7.64. The fourth-order valence-electron chi connectivity index (χ4n) is 2.61. The summed E-state index contributed by atoms with van der Waals surface area (Å²) in [5, 5.41) is 0. The third-order valence-corrected chi connectivity index (χ3v) is 4.54. The lowest BCUT2D eigenvalue weighted by Gasteiger charge is -2.08. The van der Waals surface area contributed by atoms with Gasteiger partial charge in [-0.1, -0.05) is 13.2 Å². The second-order valence-electron chi connectivity index (χ2n) is 7.64. The van der Waals surface area contributed by atoms with Gasteiger partial charge in [-0.3, -0.25) is 0 Å². The molecular weight excluding hydrogens is 464 g/mol. The van der Waals surface area contributed by atoms with Gasteiger partial charge >= 0.3 is 23.9 Å². The first-order valence-corrected chi connectivity index (χ1v) is 10.6. The highest BCUT2D eigenvalue weighted by Crippen LogP contribution is 2.21. The fourth-order valence-corrected chi connectivity index (χ4v) is 2.61. The van der Waals surface area contributed by atoms with Crippen LogP contribution < -0.4 is 18.9 Å². The minimum absolute atomic E-state index is 0.237. The van der Waals surface area contributed by atoms with Gasteiger partial charge in [0.1, 0.15) is 23.0 Å². The number of hydrogen-bond donors (Lipinski definition) is 0. The van der Waals surface area contributed by atoms with E-state index in [4.69, 9.17) is 18.9 Å². The summed E-state index contributed by atoms with van der Waals surface area (Å²) in [5.74, 6) is -1.35. The van der Waals surface area contributed by atoms with E-state index >= 15 is 0 Å². The van der Waals surface area contributed by atoms with E-state index in [1.807, 2.05) is 0 Å². The Morgan fingerprint density at radius 1 is 0.472 bits per heavy atom. The molecule has 8 heteroatoms. The van der Waals surface area contributed by atoms with Crippen LogP contribution in [0.1, 0.15) is 34.6 Å². The quantitative estimate of drug-likeness (QED) is 0.246. The zero-order chi connectivity index (χ0) is 26.2. The highest BCUT2D eigenvalue weighted by molar-refractivity contribution is 5.93. The summed E-state index contributed by atoms with van der Waals surface area (Å²) in [7, 11) is 0. The molecule has 0 N–H and O–H groups in total. The number of esters is 4. The maximum absolute atomic E-state index is 12.4. The number of ether oxygens (including phenoxy) is 4. The van der Waals surface area contributed by atoms with Crippen molar-refractivity contribution < 1.29 is 38.1 Å². The average molecular weight is 486 g/mol. The van der Waals surface area contributed by atoms with Crippen molar-refractivity contribution in [3.63, 3.8) is 0 Å². The van der Waals surface area contributed by atoms with Gasteiger partial charge in [0.15, 0.2) is 0 Å². The first-order chi connectivity index (χ1) is 17.1. The van der Waals surface area contributed by atoms with E-state index in [2.05, 4.69) is 13.2 Å². The van der Waals surface area contributed by atoms with E-state index in [-0.39, 0.29) is 45.3 Å². The Bertz CT molecular complexity index is 1210. The van der Waals surface area contributed by atoms with E-state index < -0.39 is 23.9 Å². The van der Waals surface area contributed by atoms with Gasteiger partial charge in [-0.15, -0.1) is 0 Å². The van der Waals surface area contributed by atoms with Gasteiger partial charge in [0.05, 0.1) is 11.1 Å². The van der Waals surface area contributed by atoms with Gasteiger partial charge in [0, 0.05) is 11.1 Å². The van der Waals surface area contributed by atoms with E-state index in [1.165, 1.54) is 86.6 Å². The molecule has 0 saturated heterocycles. The molecule has 0 fully saturated rings. The molecule has 3 aromatic carbocycles. The molecule has 0 aliphatic rings. The lowest BCUT2D eigenvalue weighted by molar-refractivity contribution is -0.130. The zero-order valence-corrected chi connectivity index (χ0v) is 19.6. The van der Waals surface area contributed by atoms with Crippen LogP contribution in [0.3, 0.4) is 0 Å². The van der Waals surface area contributed by atoms with Crippen LogP contribution in [0.5, 0.6) is 23.0 Å². The Balaban J connectivity index is 1.55. The summed E-state index contributed by atoms with van der Waals surface area (Å²) >= 11 is 0. The molecule has 0 aromatic heterocycles. The van der Waals surface area contributed by atoms with E-state index in [0.717, 1.165) is 0 Å². The SMILES string of the molecule is C=C(C)C(=O)Oc1ccc(C(=O)Oc2ccc(OC(=O)c3ccc(OC(=O)C(=C)C)cc3)cc2)cc1. The first kappa shape index (κ1) is 25.6. The molecule has 182 valence electrons. The van der Waals surface area contributed by atoms with Crippen LogP contribution in [0.4, 0.5) is 0 Å². The molecule has 0 spiro atoms. The maximum atomic E-state index is 12.4. The highest BCUT2D eigenvalue weighted by Gasteiger charge is 2.13. The highest BCUT2D eigenvalue weighted by atomic mass is 16.5. The second kappa shape index (κ2) is 11.4. The molecule has 0 atom stereocenters. The van der Waals surface area contributed by atoms with Crippen molar-refractivity contribution in [1.29, 1.82) is 0 Å². The summed E-state index contributed by atoms with van der Waals surface area (Å²) < 4.78 is 20.8. The molecule has 0 heterocycles. The van der Waals surface area contributed by atoms with Gasteiger partial charge in [0.2, 0.25) is 0 Å². The predicted molar refractivity (Wildman–Crippen MR) is 130 cm³/mol. The number of rotatable bonds is 8. The lowest BCUT2D eigenvalue weighted by Crippen LogP contribution is -2.11. The van der Waals surface area contributed by atoms with Gasteiger partial charge in [-0.25, -0.2) is 19.2 Å². The van der Waals surface area contributed by atoms with Gasteiger partial charge < -0.3 is 18.9 Å². The molecule has 3 aromatic rings. The number of carbonyl (C=O) groups excluding carboxylic acids is 4. The topological polar surface area (TPSA) is 105 Å². The van der Waals surface area contributed by atoms with E-state index in [9.17, 15) is 19.2 Å². The number of carbonyl (C=O) groups is 4. The van der Waals surface area contributed by atoms with E-state index in [0.29, 0.717) is 0 Å². The summed E-state index contributed by atoms with van der Waals surface area (Å²) in [6, 6.07) is 17.6. The summed E-state index contributed by atoms with van der Waals surface area (Å²) in [6.45, 7) is 10.1. The van der Waals surface area contributed by atoms with Crippen LogP contribution in [0.15, 0.2) is 97.1 Å². The lowest BCUT2D eigenvalue weighted by atomic mass is 10.2. The molecule has 3 rings (SSSR count). The largest absolute Gasteiger partial charge is 0.423 e. The first-order valence-electron chi connectivity index (χ1n) is 10.6. The Hall–Kier alpha value is -4.98. The van der Waals surface area contributed by atoms with Gasteiger partial charge in [-0.05, 0) is 86.6 Å². The smallest absolute Gasteiger partial charge is 0.343 e. The molecule has 0 unspecified atom stereocenters. The zero-order valence-electron chi connectivity index (χ0n) is 19.6. The van der Waals surface area contributed by atoms with Crippen LogP contribution in [0.2, 0.25) is 0 Å². The molecule has 0 saturated carbocycles. The van der Waals surface area contributed by atoms with Gasteiger partial charge in [0.25, 0.3) is 0 Å². The summed E-state index contributed by atoms with van der Waals surface area (Å²) in [5.41, 5.74) is 1.01. The van der Waals surface area contributed by atoms with Crippen LogP contribution in [0, 0.1) is 0 Å². The Morgan fingerprint density at radius 2 is 0.722 bits per heavy atom. The molecule has 0 bridgehead atoms. The minimum Gasteiger partial charge on any atom is -0.423 e. The molecular formula is C28H22O8. The average Bonchev–Trinajstić information content (AvgIpc) is 2.85. The molecule has 0 amide bonds. The monoisotopic (exact) mass is 486 g/mol. The van der Waals surface area contributed by atoms with Crippen LogP contribution in [0.25, 0.3) is 0 Å². The van der Waals surface area contributed by atoms with Crippen LogP contribution in [-0.4, -0.2) is 23.9 Å². The molecule has 0 aliphatic carbocycles. The molecule has 0 radical (unpaired) electrons. The minimum atomic E-state index is -0.620. The van der Waals surface area contributed by atoms with Crippen molar-refractivity contribution in [3.05, 3.63) is 108 Å².